The summed E-state index contributed by atoms with van der Waals surface area (Å²) in [5.41, 5.74) is 3.80. The van der Waals surface area contributed by atoms with Gasteiger partial charge in [0.1, 0.15) is 0 Å². The third-order valence-corrected chi connectivity index (χ3v) is 6.07. The minimum atomic E-state index is -0.855. The third-order valence-electron chi connectivity index (χ3n) is 6.07. The lowest BCUT2D eigenvalue weighted by atomic mass is 9.60. The number of ether oxygens (including phenoxy) is 2. The third kappa shape index (κ3) is 2.11. The Morgan fingerprint density at radius 1 is 1.04 bits per heavy atom. The maximum Gasteiger partial charge on any atom is 0.342 e. The zero-order valence-corrected chi connectivity index (χ0v) is 14.8. The van der Waals surface area contributed by atoms with Crippen LogP contribution in [0, 0.1) is 5.41 Å². The van der Waals surface area contributed by atoms with Crippen LogP contribution in [0.4, 0.5) is 0 Å². The van der Waals surface area contributed by atoms with Crippen LogP contribution in [0.2, 0.25) is 0 Å². The molecule has 4 heteroatoms. The van der Waals surface area contributed by atoms with Gasteiger partial charge in [-0.3, -0.25) is 4.79 Å². The van der Waals surface area contributed by atoms with E-state index in [9.17, 15) is 9.59 Å². The summed E-state index contributed by atoms with van der Waals surface area (Å²) in [6, 6.07) is 3.91. The van der Waals surface area contributed by atoms with Crippen molar-refractivity contribution in [3.8, 4) is 0 Å². The number of carbonyl (C=O) groups excluding carboxylic acids is 2. The predicted octanol–water partition coefficient (Wildman–Crippen LogP) is 4.37. The normalized spacial score (nSPS) is 33.7. The number of carbonyl (C=O) groups is 2. The second-order valence-corrected chi connectivity index (χ2v) is 8.64. The molecule has 0 saturated heterocycles. The molecule has 1 aromatic rings. The summed E-state index contributed by atoms with van der Waals surface area (Å²) in [6.45, 7) is 8.80. The molecule has 2 heterocycles. The van der Waals surface area contributed by atoms with Gasteiger partial charge < -0.3 is 9.47 Å². The van der Waals surface area contributed by atoms with Crippen molar-refractivity contribution in [2.24, 2.45) is 5.41 Å². The van der Waals surface area contributed by atoms with Gasteiger partial charge in [0.2, 0.25) is 0 Å². The molecule has 0 N–H and O–H groups in total. The van der Waals surface area contributed by atoms with Gasteiger partial charge in [-0.05, 0) is 54.2 Å². The van der Waals surface area contributed by atoms with Crippen molar-refractivity contribution in [3.05, 3.63) is 34.4 Å². The van der Waals surface area contributed by atoms with E-state index in [1.165, 1.54) is 18.4 Å². The molecule has 1 aromatic carbocycles. The van der Waals surface area contributed by atoms with Crippen LogP contribution in [0.1, 0.15) is 92.6 Å². The monoisotopic (exact) mass is 328 g/mol. The van der Waals surface area contributed by atoms with Gasteiger partial charge in [0, 0.05) is 0 Å². The van der Waals surface area contributed by atoms with Crippen molar-refractivity contribution < 1.29 is 19.1 Å². The standard InChI is InChI=1S/C20H24O4/c1-11-14-13(20(4)9-5-8-19(2,3)10-20)7-6-12-15(14)18(23-16(11)21)24-17(12)22/h6-7,11,18H,5,8-10H2,1-4H3/t11-,18?,20+/m1/s1. The summed E-state index contributed by atoms with van der Waals surface area (Å²) in [4.78, 5) is 24.4. The first-order valence-electron chi connectivity index (χ1n) is 8.81. The van der Waals surface area contributed by atoms with Gasteiger partial charge in [0.15, 0.2) is 0 Å². The van der Waals surface area contributed by atoms with Gasteiger partial charge in [-0.15, -0.1) is 0 Å². The Kier molecular flexibility index (Phi) is 3.16. The molecular weight excluding hydrogens is 304 g/mol. The van der Waals surface area contributed by atoms with E-state index in [1.54, 1.807) is 0 Å². The molecule has 0 aromatic heterocycles. The molecule has 4 rings (SSSR count). The molecule has 24 heavy (non-hydrogen) atoms. The lowest BCUT2D eigenvalue weighted by molar-refractivity contribution is -0.172. The molecule has 0 amide bonds. The van der Waals surface area contributed by atoms with Crippen molar-refractivity contribution >= 4 is 11.9 Å². The number of benzene rings is 1. The molecule has 2 aliphatic heterocycles. The minimum Gasteiger partial charge on any atom is -0.420 e. The van der Waals surface area contributed by atoms with Gasteiger partial charge in [0.25, 0.3) is 6.29 Å². The fourth-order valence-electron chi connectivity index (χ4n) is 5.11. The van der Waals surface area contributed by atoms with Gasteiger partial charge in [-0.1, -0.05) is 33.3 Å². The van der Waals surface area contributed by atoms with E-state index in [0.29, 0.717) is 5.56 Å². The summed E-state index contributed by atoms with van der Waals surface area (Å²) in [5, 5.41) is 0. The molecular formula is C20H24O4. The maximum atomic E-state index is 12.3. The van der Waals surface area contributed by atoms with Gasteiger partial charge in [-0.2, -0.15) is 0 Å². The van der Waals surface area contributed by atoms with Crippen LogP contribution in [0.15, 0.2) is 12.1 Å². The maximum absolute atomic E-state index is 12.3. The molecule has 1 fully saturated rings. The molecule has 1 aliphatic carbocycles. The van der Waals surface area contributed by atoms with E-state index in [2.05, 4.69) is 20.8 Å². The van der Waals surface area contributed by atoms with Crippen LogP contribution in [0.3, 0.4) is 0 Å². The van der Waals surface area contributed by atoms with Crippen molar-refractivity contribution in [3.63, 3.8) is 0 Å². The average molecular weight is 328 g/mol. The molecule has 1 unspecified atom stereocenters. The highest BCUT2D eigenvalue weighted by molar-refractivity contribution is 5.97. The number of esters is 2. The largest absolute Gasteiger partial charge is 0.420 e. The lowest BCUT2D eigenvalue weighted by Gasteiger charge is -2.45. The van der Waals surface area contributed by atoms with E-state index >= 15 is 0 Å². The molecule has 4 nitrogen and oxygen atoms in total. The summed E-state index contributed by atoms with van der Waals surface area (Å²) in [7, 11) is 0. The Morgan fingerprint density at radius 2 is 1.79 bits per heavy atom. The Hall–Kier alpha value is -1.84. The molecule has 3 aliphatic rings. The molecule has 0 spiro atoms. The van der Waals surface area contributed by atoms with E-state index in [4.69, 9.17) is 9.47 Å². The highest BCUT2D eigenvalue weighted by Gasteiger charge is 2.47. The Labute approximate surface area is 142 Å². The van der Waals surface area contributed by atoms with Crippen LogP contribution >= 0.6 is 0 Å². The van der Waals surface area contributed by atoms with Gasteiger partial charge in [0.05, 0.1) is 17.0 Å². The Bertz CT molecular complexity index is 748. The topological polar surface area (TPSA) is 52.6 Å². The van der Waals surface area contributed by atoms with Gasteiger partial charge in [-0.25, -0.2) is 4.79 Å². The smallest absolute Gasteiger partial charge is 0.342 e. The molecule has 0 radical (unpaired) electrons. The van der Waals surface area contributed by atoms with E-state index in [0.717, 1.165) is 24.0 Å². The van der Waals surface area contributed by atoms with E-state index in [1.807, 2.05) is 19.1 Å². The zero-order chi connectivity index (χ0) is 17.3. The van der Waals surface area contributed by atoms with E-state index < -0.39 is 6.29 Å². The number of hydrogen-bond acceptors (Lipinski definition) is 4. The number of rotatable bonds is 1. The highest BCUT2D eigenvalue weighted by Crippen LogP contribution is 2.52. The molecule has 1 saturated carbocycles. The molecule has 0 bridgehead atoms. The molecule has 128 valence electrons. The second-order valence-electron chi connectivity index (χ2n) is 8.64. The highest BCUT2D eigenvalue weighted by atomic mass is 16.7. The summed E-state index contributed by atoms with van der Waals surface area (Å²) in [5.74, 6) is -1.05. The fourth-order valence-corrected chi connectivity index (χ4v) is 5.11. The van der Waals surface area contributed by atoms with Crippen LogP contribution in [-0.4, -0.2) is 11.9 Å². The molecule has 3 atom stereocenters. The number of hydrogen-bond donors (Lipinski definition) is 0. The summed E-state index contributed by atoms with van der Waals surface area (Å²) in [6.07, 6.45) is 3.73. The first-order valence-corrected chi connectivity index (χ1v) is 8.81. The van der Waals surface area contributed by atoms with Crippen LogP contribution in [0.5, 0.6) is 0 Å². The quantitative estimate of drug-likeness (QED) is 0.718. The van der Waals surface area contributed by atoms with Crippen LogP contribution in [-0.2, 0) is 19.7 Å². The first-order chi connectivity index (χ1) is 11.2. The van der Waals surface area contributed by atoms with Crippen molar-refractivity contribution in [1.82, 2.24) is 0 Å². The zero-order valence-electron chi connectivity index (χ0n) is 14.8. The average Bonchev–Trinajstić information content (AvgIpc) is 2.80. The van der Waals surface area contributed by atoms with Crippen LogP contribution in [0.25, 0.3) is 0 Å². The second kappa shape index (κ2) is 4.84. The summed E-state index contributed by atoms with van der Waals surface area (Å²) >= 11 is 0. The lowest BCUT2D eigenvalue weighted by Crippen LogP contribution is -2.37. The predicted molar refractivity (Wildman–Crippen MR) is 88.7 cm³/mol. The first kappa shape index (κ1) is 15.7. The summed E-state index contributed by atoms with van der Waals surface area (Å²) < 4.78 is 10.6. The van der Waals surface area contributed by atoms with Crippen LogP contribution < -0.4 is 0 Å². The fraction of sp³-hybridized carbons (Fsp3) is 0.600. The van der Waals surface area contributed by atoms with Crippen molar-refractivity contribution in [2.45, 2.75) is 71.0 Å². The van der Waals surface area contributed by atoms with Crippen molar-refractivity contribution in [1.29, 1.82) is 0 Å². The Balaban J connectivity index is 1.91. The van der Waals surface area contributed by atoms with Crippen molar-refractivity contribution in [2.75, 3.05) is 0 Å². The van der Waals surface area contributed by atoms with Gasteiger partial charge >= 0.3 is 11.9 Å². The van der Waals surface area contributed by atoms with E-state index in [-0.39, 0.29) is 28.7 Å². The Morgan fingerprint density at radius 3 is 2.50 bits per heavy atom. The minimum absolute atomic E-state index is 0.00812. The SMILES string of the molecule is C[C@H]1C(=O)OC2OC(=O)c3ccc([C@@]4(C)CCCC(C)(C)C4)c1c32.